The van der Waals surface area contributed by atoms with Crippen LogP contribution in [0.25, 0.3) is 0 Å². The van der Waals surface area contributed by atoms with E-state index in [1.165, 1.54) is 7.11 Å². The van der Waals surface area contributed by atoms with Gasteiger partial charge in [-0.3, -0.25) is 4.79 Å². The van der Waals surface area contributed by atoms with E-state index in [-0.39, 0.29) is 17.6 Å². The lowest BCUT2D eigenvalue weighted by Crippen LogP contribution is -2.47. The van der Waals surface area contributed by atoms with Gasteiger partial charge in [0, 0.05) is 10.5 Å². The van der Waals surface area contributed by atoms with E-state index in [2.05, 4.69) is 0 Å². The second-order valence-electron chi connectivity index (χ2n) is 6.00. The SMILES string of the molecule is COC(=O)[C@]1(C)CC[C@H]1CS(F)(F)C(C)(C)C. The highest BCUT2D eigenvalue weighted by atomic mass is 32.3. The van der Waals surface area contributed by atoms with Crippen LogP contribution in [0.4, 0.5) is 7.77 Å². The van der Waals surface area contributed by atoms with Crippen LogP contribution in [0, 0.1) is 11.3 Å². The van der Waals surface area contributed by atoms with Crippen molar-refractivity contribution in [1.29, 1.82) is 0 Å². The Bertz CT molecular complexity index is 312. The van der Waals surface area contributed by atoms with Crippen molar-refractivity contribution in [2.24, 2.45) is 11.3 Å². The van der Waals surface area contributed by atoms with Crippen molar-refractivity contribution >= 4 is 16.8 Å². The Morgan fingerprint density at radius 1 is 1.47 bits per heavy atom. The summed E-state index contributed by atoms with van der Waals surface area (Å²) in [5.41, 5.74) is -0.698. The minimum Gasteiger partial charge on any atom is -0.469 e. The van der Waals surface area contributed by atoms with Crippen LogP contribution in [0.5, 0.6) is 0 Å². The molecule has 1 saturated carbocycles. The number of carbonyl (C=O) groups excluding carboxylic acids is 1. The van der Waals surface area contributed by atoms with Gasteiger partial charge in [-0.15, -0.1) is 0 Å². The molecule has 2 nitrogen and oxygen atoms in total. The van der Waals surface area contributed by atoms with E-state index in [0.717, 1.165) is 0 Å². The van der Waals surface area contributed by atoms with Gasteiger partial charge in [-0.25, -0.2) is 0 Å². The van der Waals surface area contributed by atoms with Gasteiger partial charge in [0.1, 0.15) is 0 Å². The van der Waals surface area contributed by atoms with Crippen LogP contribution in [0.1, 0.15) is 40.5 Å². The third kappa shape index (κ3) is 2.59. The molecule has 0 aliphatic heterocycles. The van der Waals surface area contributed by atoms with Crippen LogP contribution in [0.15, 0.2) is 0 Å². The molecule has 17 heavy (non-hydrogen) atoms. The average molecular weight is 268 g/mol. The standard InChI is InChI=1S/C12H22F2O2S/c1-11(2,3)17(13,14)8-9-6-7-12(9,4)10(15)16-5/h9H,6-8H2,1-5H3/t9-,12+/m0/s1. The summed E-state index contributed by atoms with van der Waals surface area (Å²) in [5.74, 6) is -0.737. The topological polar surface area (TPSA) is 26.3 Å². The van der Waals surface area contributed by atoms with Gasteiger partial charge in [0.2, 0.25) is 0 Å². The van der Waals surface area contributed by atoms with Gasteiger partial charge in [-0.1, -0.05) is 0 Å². The third-order valence-corrected chi connectivity index (χ3v) is 6.48. The summed E-state index contributed by atoms with van der Waals surface area (Å²) in [6.45, 7) is 6.44. The predicted octanol–water partition coefficient (Wildman–Crippen LogP) is 3.95. The van der Waals surface area contributed by atoms with Crippen LogP contribution in [0.3, 0.4) is 0 Å². The Hall–Kier alpha value is -0.320. The fourth-order valence-corrected chi connectivity index (χ4v) is 3.59. The van der Waals surface area contributed by atoms with Crippen molar-refractivity contribution < 1.29 is 17.3 Å². The van der Waals surface area contributed by atoms with Crippen LogP contribution < -0.4 is 0 Å². The molecule has 0 aromatic heterocycles. The van der Waals surface area contributed by atoms with Crippen molar-refractivity contribution in [1.82, 2.24) is 0 Å². The van der Waals surface area contributed by atoms with Gasteiger partial charge in [-0.05, 0) is 46.5 Å². The van der Waals surface area contributed by atoms with Crippen molar-refractivity contribution in [2.45, 2.75) is 45.3 Å². The second kappa shape index (κ2) is 4.41. The molecular formula is C12H22F2O2S. The maximum absolute atomic E-state index is 14.0. The van der Waals surface area contributed by atoms with Crippen molar-refractivity contribution in [2.75, 3.05) is 12.9 Å². The zero-order valence-corrected chi connectivity index (χ0v) is 12.0. The Labute approximate surface area is 104 Å². The Morgan fingerprint density at radius 2 is 2.00 bits per heavy atom. The molecule has 5 heteroatoms. The number of halogens is 2. The molecule has 0 saturated heterocycles. The summed E-state index contributed by atoms with van der Waals surface area (Å²) in [6.07, 6.45) is 1.36. The summed E-state index contributed by atoms with van der Waals surface area (Å²) in [6, 6.07) is 0. The van der Waals surface area contributed by atoms with Gasteiger partial charge < -0.3 is 4.74 Å². The number of methoxy groups -OCH3 is 1. The van der Waals surface area contributed by atoms with Gasteiger partial charge in [-0.2, -0.15) is 7.77 Å². The Morgan fingerprint density at radius 3 is 2.29 bits per heavy atom. The number of hydrogen-bond acceptors (Lipinski definition) is 2. The highest BCUT2D eigenvalue weighted by Crippen LogP contribution is 2.66. The molecule has 0 spiro atoms. The zero-order valence-electron chi connectivity index (χ0n) is 11.2. The van der Waals surface area contributed by atoms with Crippen molar-refractivity contribution in [3.05, 3.63) is 0 Å². The van der Waals surface area contributed by atoms with Gasteiger partial charge in [0.25, 0.3) is 0 Å². The smallest absolute Gasteiger partial charge is 0.311 e. The maximum atomic E-state index is 14.0. The minimum atomic E-state index is -3.68. The number of carbonyl (C=O) groups is 1. The number of esters is 1. The minimum absolute atomic E-state index is 0.151. The van der Waals surface area contributed by atoms with E-state index in [9.17, 15) is 12.6 Å². The molecule has 0 radical (unpaired) electrons. The lowest BCUT2D eigenvalue weighted by atomic mass is 9.62. The molecule has 1 aliphatic rings. The first-order valence-electron chi connectivity index (χ1n) is 5.83. The molecule has 0 heterocycles. The molecule has 1 fully saturated rings. The molecule has 102 valence electrons. The lowest BCUT2D eigenvalue weighted by molar-refractivity contribution is -0.161. The van der Waals surface area contributed by atoms with Gasteiger partial charge in [0.05, 0.1) is 23.3 Å². The lowest BCUT2D eigenvalue weighted by Gasteiger charge is -2.48. The molecule has 0 amide bonds. The van der Waals surface area contributed by atoms with Crippen LogP contribution in [-0.2, 0) is 9.53 Å². The number of rotatable bonds is 3. The molecule has 0 unspecified atom stereocenters. The van der Waals surface area contributed by atoms with Crippen molar-refractivity contribution in [3.63, 3.8) is 0 Å². The van der Waals surface area contributed by atoms with Crippen LogP contribution in [0.2, 0.25) is 0 Å². The maximum Gasteiger partial charge on any atom is 0.311 e. The predicted molar refractivity (Wildman–Crippen MR) is 67.3 cm³/mol. The first-order chi connectivity index (χ1) is 7.54. The molecule has 2 atom stereocenters. The second-order valence-corrected chi connectivity index (χ2v) is 8.71. The highest BCUT2D eigenvalue weighted by Gasteiger charge is 2.53. The van der Waals surface area contributed by atoms with Gasteiger partial charge >= 0.3 is 5.97 Å². The van der Waals surface area contributed by atoms with E-state index in [4.69, 9.17) is 4.74 Å². The van der Waals surface area contributed by atoms with Crippen molar-refractivity contribution in [3.8, 4) is 0 Å². The Kier molecular flexibility index (Phi) is 3.82. The summed E-state index contributed by atoms with van der Waals surface area (Å²) >= 11 is 0. The van der Waals surface area contributed by atoms with Gasteiger partial charge in [0.15, 0.2) is 0 Å². The largest absolute Gasteiger partial charge is 0.469 e. The fourth-order valence-electron chi connectivity index (χ4n) is 2.05. The van der Waals surface area contributed by atoms with E-state index in [1.807, 2.05) is 0 Å². The molecular weight excluding hydrogens is 246 g/mol. The molecule has 0 bridgehead atoms. The van der Waals surface area contributed by atoms with Crippen LogP contribution >= 0.6 is 10.8 Å². The zero-order chi connectivity index (χ0) is 13.5. The number of ether oxygens (including phenoxy) is 1. The molecule has 0 N–H and O–H groups in total. The van der Waals surface area contributed by atoms with Crippen LogP contribution in [-0.4, -0.2) is 23.6 Å². The summed E-state index contributed by atoms with van der Waals surface area (Å²) in [7, 11) is -2.36. The summed E-state index contributed by atoms with van der Waals surface area (Å²) in [4.78, 5) is 11.6. The first-order valence-corrected chi connectivity index (χ1v) is 7.43. The molecule has 1 rings (SSSR count). The normalized spacial score (nSPS) is 30.6. The monoisotopic (exact) mass is 268 g/mol. The van der Waals surface area contributed by atoms with E-state index < -0.39 is 21.0 Å². The molecule has 1 aliphatic carbocycles. The van der Waals surface area contributed by atoms with E-state index in [0.29, 0.717) is 12.8 Å². The summed E-state index contributed by atoms with van der Waals surface area (Å²) in [5, 5.41) is 0. The number of hydrogen-bond donors (Lipinski definition) is 0. The van der Waals surface area contributed by atoms with E-state index in [1.54, 1.807) is 27.7 Å². The quantitative estimate of drug-likeness (QED) is 0.724. The fraction of sp³-hybridized carbons (Fsp3) is 0.917. The van der Waals surface area contributed by atoms with E-state index >= 15 is 0 Å². The molecule has 0 aromatic rings. The first kappa shape index (κ1) is 14.7. The average Bonchev–Trinajstić information content (AvgIpc) is 2.20. The Balaban J connectivity index is 2.75. The summed E-state index contributed by atoms with van der Waals surface area (Å²) < 4.78 is 31.8. The highest BCUT2D eigenvalue weighted by molar-refractivity contribution is 8.26. The third-order valence-electron chi connectivity index (χ3n) is 3.87. The molecule has 0 aromatic carbocycles.